The Bertz CT molecular complexity index is 229. The van der Waals surface area contributed by atoms with E-state index in [-0.39, 0.29) is 24.4 Å². The first kappa shape index (κ1) is 9.98. The second-order valence-electron chi connectivity index (χ2n) is 3.29. The van der Waals surface area contributed by atoms with E-state index in [2.05, 4.69) is 0 Å². The molecule has 0 bridgehead atoms. The summed E-state index contributed by atoms with van der Waals surface area (Å²) in [6.45, 7) is 0.596. The highest BCUT2D eigenvalue weighted by atomic mass is 16.2. The second kappa shape index (κ2) is 3.74. The number of hydrogen-bond donors (Lipinski definition) is 1. The van der Waals surface area contributed by atoms with Crippen molar-refractivity contribution in [3.8, 4) is 0 Å². The van der Waals surface area contributed by atoms with Crippen LogP contribution in [0.3, 0.4) is 0 Å². The smallest absolute Gasteiger partial charge is 0.245 e. The Balaban J connectivity index is 2.75. The molecule has 1 atom stereocenters. The average molecular weight is 185 g/mol. The van der Waals surface area contributed by atoms with Crippen LogP contribution in [0.15, 0.2) is 0 Å². The van der Waals surface area contributed by atoms with E-state index in [1.807, 2.05) is 0 Å². The lowest BCUT2D eigenvalue weighted by Gasteiger charge is -2.36. The van der Waals surface area contributed by atoms with Gasteiger partial charge in [0, 0.05) is 14.1 Å². The summed E-state index contributed by atoms with van der Waals surface area (Å²) in [6.07, 6.45) is 0.533. The van der Waals surface area contributed by atoms with E-state index in [0.29, 0.717) is 13.0 Å². The Morgan fingerprint density at radius 2 is 2.08 bits per heavy atom. The molecule has 1 rings (SSSR count). The van der Waals surface area contributed by atoms with E-state index < -0.39 is 0 Å². The molecule has 0 spiro atoms. The predicted octanol–water partition coefficient (Wildman–Crippen LogP) is -1.37. The summed E-state index contributed by atoms with van der Waals surface area (Å²) in [4.78, 5) is 25.8. The minimum atomic E-state index is -0.365. The summed E-state index contributed by atoms with van der Waals surface area (Å²) in [5.74, 6) is -0.0481. The summed E-state index contributed by atoms with van der Waals surface area (Å²) in [7, 11) is 3.28. The normalized spacial score (nSPS) is 24.1. The molecule has 74 valence electrons. The Hall–Kier alpha value is -1.10. The highest BCUT2D eigenvalue weighted by molar-refractivity contribution is 5.94. The van der Waals surface area contributed by atoms with Crippen LogP contribution in [0.2, 0.25) is 0 Å². The van der Waals surface area contributed by atoms with Crippen LogP contribution in [0.4, 0.5) is 0 Å². The van der Waals surface area contributed by atoms with E-state index in [1.165, 1.54) is 9.80 Å². The molecule has 5 nitrogen and oxygen atoms in total. The molecular formula is C8H15N3O2. The van der Waals surface area contributed by atoms with Crippen molar-refractivity contribution >= 4 is 11.8 Å². The van der Waals surface area contributed by atoms with Crippen molar-refractivity contribution in [3.63, 3.8) is 0 Å². The number of nitrogens with zero attached hydrogens (tertiary/aromatic N) is 2. The van der Waals surface area contributed by atoms with Gasteiger partial charge in [0.2, 0.25) is 11.8 Å². The summed E-state index contributed by atoms with van der Waals surface area (Å²) >= 11 is 0. The molecule has 1 aliphatic rings. The summed E-state index contributed by atoms with van der Waals surface area (Å²) in [5.41, 5.74) is 5.37. The maximum absolute atomic E-state index is 11.5. The Kier molecular flexibility index (Phi) is 2.87. The van der Waals surface area contributed by atoms with Crippen molar-refractivity contribution < 1.29 is 9.59 Å². The van der Waals surface area contributed by atoms with Gasteiger partial charge in [-0.15, -0.1) is 0 Å². The van der Waals surface area contributed by atoms with E-state index in [4.69, 9.17) is 5.73 Å². The van der Waals surface area contributed by atoms with Crippen molar-refractivity contribution in [1.82, 2.24) is 9.80 Å². The first-order valence-electron chi connectivity index (χ1n) is 4.28. The highest BCUT2D eigenvalue weighted by Crippen LogP contribution is 2.11. The van der Waals surface area contributed by atoms with Gasteiger partial charge in [0.25, 0.3) is 0 Å². The first-order valence-corrected chi connectivity index (χ1v) is 4.28. The largest absolute Gasteiger partial charge is 0.335 e. The molecule has 1 aliphatic heterocycles. The molecule has 0 unspecified atom stereocenters. The SMILES string of the molecule is CN1CC(=O)N(C)[C@@H](CCN)C1=O. The third kappa shape index (κ3) is 1.80. The predicted molar refractivity (Wildman–Crippen MR) is 47.9 cm³/mol. The summed E-state index contributed by atoms with van der Waals surface area (Å²) in [6, 6.07) is -0.365. The van der Waals surface area contributed by atoms with E-state index >= 15 is 0 Å². The maximum Gasteiger partial charge on any atom is 0.245 e. The van der Waals surface area contributed by atoms with E-state index in [0.717, 1.165) is 0 Å². The van der Waals surface area contributed by atoms with Gasteiger partial charge in [-0.2, -0.15) is 0 Å². The van der Waals surface area contributed by atoms with Gasteiger partial charge >= 0.3 is 0 Å². The van der Waals surface area contributed by atoms with Gasteiger partial charge in [-0.25, -0.2) is 0 Å². The molecule has 5 heteroatoms. The molecule has 1 saturated heterocycles. The molecule has 0 radical (unpaired) electrons. The molecule has 13 heavy (non-hydrogen) atoms. The zero-order valence-electron chi connectivity index (χ0n) is 7.99. The lowest BCUT2D eigenvalue weighted by atomic mass is 10.1. The first-order chi connectivity index (χ1) is 6.07. The fourth-order valence-electron chi connectivity index (χ4n) is 1.46. The van der Waals surface area contributed by atoms with Crippen molar-refractivity contribution in [2.75, 3.05) is 27.2 Å². The van der Waals surface area contributed by atoms with Crippen molar-refractivity contribution in [3.05, 3.63) is 0 Å². The number of likely N-dealkylation sites (N-methyl/N-ethyl adjacent to an activating group) is 2. The summed E-state index contributed by atoms with van der Waals surface area (Å²) in [5, 5.41) is 0. The molecule has 0 aromatic rings. The van der Waals surface area contributed by atoms with Crippen LogP contribution in [0.5, 0.6) is 0 Å². The van der Waals surface area contributed by atoms with Gasteiger partial charge in [0.1, 0.15) is 6.04 Å². The standard InChI is InChI=1S/C8H15N3O2/c1-10-5-7(12)11(2)6(3-4-9)8(10)13/h6H,3-5,9H2,1-2H3/t6-/m0/s1. The number of carbonyl (C=O) groups excluding carboxylic acids is 2. The number of hydrogen-bond acceptors (Lipinski definition) is 3. The maximum atomic E-state index is 11.5. The number of amides is 2. The third-order valence-corrected chi connectivity index (χ3v) is 2.33. The van der Waals surface area contributed by atoms with Gasteiger partial charge in [-0.3, -0.25) is 9.59 Å². The fraction of sp³-hybridized carbons (Fsp3) is 0.750. The highest BCUT2D eigenvalue weighted by Gasteiger charge is 2.34. The Morgan fingerprint density at radius 1 is 1.46 bits per heavy atom. The molecule has 1 heterocycles. The molecule has 1 fully saturated rings. The quantitative estimate of drug-likeness (QED) is 0.577. The number of nitrogens with two attached hydrogens (primary N) is 1. The van der Waals surface area contributed by atoms with Gasteiger partial charge in [0.05, 0.1) is 6.54 Å². The van der Waals surface area contributed by atoms with E-state index in [9.17, 15) is 9.59 Å². The second-order valence-corrected chi connectivity index (χ2v) is 3.29. The molecule has 2 amide bonds. The van der Waals surface area contributed by atoms with Crippen molar-refractivity contribution in [1.29, 1.82) is 0 Å². The molecular weight excluding hydrogens is 170 g/mol. The van der Waals surface area contributed by atoms with Crippen LogP contribution in [0.25, 0.3) is 0 Å². The van der Waals surface area contributed by atoms with Crippen molar-refractivity contribution in [2.45, 2.75) is 12.5 Å². The third-order valence-electron chi connectivity index (χ3n) is 2.33. The molecule has 2 N–H and O–H groups in total. The fourth-order valence-corrected chi connectivity index (χ4v) is 1.46. The van der Waals surface area contributed by atoms with Gasteiger partial charge in [-0.1, -0.05) is 0 Å². The molecule has 0 saturated carbocycles. The monoisotopic (exact) mass is 185 g/mol. The van der Waals surface area contributed by atoms with Gasteiger partial charge in [-0.05, 0) is 13.0 Å². The Labute approximate surface area is 77.5 Å². The zero-order chi connectivity index (χ0) is 10.0. The van der Waals surface area contributed by atoms with Crippen LogP contribution in [-0.4, -0.2) is 54.8 Å². The zero-order valence-corrected chi connectivity index (χ0v) is 7.99. The van der Waals surface area contributed by atoms with Crippen LogP contribution in [-0.2, 0) is 9.59 Å². The number of piperazine rings is 1. The number of carbonyl (C=O) groups is 2. The van der Waals surface area contributed by atoms with Crippen LogP contribution >= 0.6 is 0 Å². The average Bonchev–Trinajstić information content (AvgIpc) is 2.09. The molecule has 0 aliphatic carbocycles. The molecule has 0 aromatic carbocycles. The van der Waals surface area contributed by atoms with Gasteiger partial charge < -0.3 is 15.5 Å². The Morgan fingerprint density at radius 3 is 2.62 bits per heavy atom. The minimum absolute atomic E-state index is 0.0208. The van der Waals surface area contributed by atoms with Crippen molar-refractivity contribution in [2.24, 2.45) is 5.73 Å². The lowest BCUT2D eigenvalue weighted by molar-refractivity contribution is -0.153. The van der Waals surface area contributed by atoms with Crippen LogP contribution < -0.4 is 5.73 Å². The lowest BCUT2D eigenvalue weighted by Crippen LogP contribution is -2.57. The van der Waals surface area contributed by atoms with Crippen LogP contribution in [0.1, 0.15) is 6.42 Å². The van der Waals surface area contributed by atoms with Crippen LogP contribution in [0, 0.1) is 0 Å². The minimum Gasteiger partial charge on any atom is -0.335 e. The van der Waals surface area contributed by atoms with Gasteiger partial charge in [0.15, 0.2) is 0 Å². The number of rotatable bonds is 2. The molecule has 0 aromatic heterocycles. The topological polar surface area (TPSA) is 66.6 Å². The van der Waals surface area contributed by atoms with E-state index in [1.54, 1.807) is 14.1 Å². The summed E-state index contributed by atoms with van der Waals surface area (Å²) < 4.78 is 0.